The predicted molar refractivity (Wildman–Crippen MR) is 120 cm³/mol. The molecule has 0 aliphatic heterocycles. The maximum atomic E-state index is 3.70. The van der Waals surface area contributed by atoms with Gasteiger partial charge in [0.2, 0.25) is 5.84 Å². The van der Waals surface area contributed by atoms with Crippen LogP contribution in [0.15, 0.2) is 0 Å². The fourth-order valence-electron chi connectivity index (χ4n) is 3.56. The maximum Gasteiger partial charge on any atom is 0.244 e. The molecule has 0 heterocycles. The van der Waals surface area contributed by atoms with E-state index >= 15 is 0 Å². The number of rotatable bonds is 19. The summed E-state index contributed by atoms with van der Waals surface area (Å²) in [6.07, 6.45) is 25.1. The number of halogens is 1. The average molecular weight is 448 g/mol. The number of hydrogen-bond acceptors (Lipinski definition) is 0. The zero-order valence-corrected chi connectivity index (χ0v) is 20.8. The Bertz CT molecular complexity index is 312. The molecule has 0 aromatic heterocycles. The van der Waals surface area contributed by atoms with Gasteiger partial charge < -0.3 is 17.0 Å². The van der Waals surface area contributed by atoms with Crippen molar-refractivity contribution in [2.24, 2.45) is 0 Å². The lowest BCUT2D eigenvalue weighted by Crippen LogP contribution is -3.00. The quantitative estimate of drug-likeness (QED) is 0.135. The summed E-state index contributed by atoms with van der Waals surface area (Å²) in [4.78, 5) is 0. The van der Waals surface area contributed by atoms with Crippen LogP contribution >= 0.6 is 0 Å². The van der Waals surface area contributed by atoms with Gasteiger partial charge in [0.1, 0.15) is 0 Å². The van der Waals surface area contributed by atoms with E-state index in [9.17, 15) is 0 Å². The third kappa shape index (κ3) is 22.1. The molecule has 0 saturated heterocycles. The lowest BCUT2D eigenvalue weighted by molar-refractivity contribution is -0.468. The molecule has 0 rings (SSSR count). The van der Waals surface area contributed by atoms with Gasteiger partial charge in [0.25, 0.3) is 0 Å². The summed E-state index contributed by atoms with van der Waals surface area (Å²) in [5.74, 6) is 1.44. The minimum Gasteiger partial charge on any atom is -1.00 e. The minimum absolute atomic E-state index is 0. The third-order valence-electron chi connectivity index (χ3n) is 5.42. The summed E-state index contributed by atoms with van der Waals surface area (Å²) in [7, 11) is 4.37. The van der Waals surface area contributed by atoms with Crippen molar-refractivity contribution < 1.29 is 21.6 Å². The van der Waals surface area contributed by atoms with Gasteiger partial charge in [-0.1, -0.05) is 104 Å². The van der Waals surface area contributed by atoms with Crippen LogP contribution in [-0.4, -0.2) is 31.1 Å². The van der Waals surface area contributed by atoms with Gasteiger partial charge in [0.05, 0.1) is 20.6 Å². The van der Waals surface area contributed by atoms with Gasteiger partial charge in [-0.05, 0) is 19.3 Å². The molecular weight excluding hydrogens is 396 g/mol. The number of nitrogens with one attached hydrogen (secondary N) is 1. The van der Waals surface area contributed by atoms with Gasteiger partial charge in [-0.2, -0.15) is 0 Å². The largest absolute Gasteiger partial charge is 1.00 e. The van der Waals surface area contributed by atoms with Crippen molar-refractivity contribution >= 4 is 5.84 Å². The van der Waals surface area contributed by atoms with Crippen LogP contribution in [0.25, 0.3) is 0 Å². The van der Waals surface area contributed by atoms with Crippen LogP contribution < -0.4 is 22.3 Å². The summed E-state index contributed by atoms with van der Waals surface area (Å²) >= 11 is 0. The van der Waals surface area contributed by atoms with Gasteiger partial charge in [-0.3, -0.25) is 9.89 Å². The molecule has 0 aliphatic carbocycles. The molecule has 0 amide bonds. The van der Waals surface area contributed by atoms with Crippen molar-refractivity contribution in [3.8, 4) is 0 Å². The summed E-state index contributed by atoms with van der Waals surface area (Å²) in [5.41, 5.74) is 0. The second-order valence-corrected chi connectivity index (χ2v) is 8.32. The zero-order valence-electron chi connectivity index (χ0n) is 19.3. The van der Waals surface area contributed by atoms with Crippen LogP contribution in [0.2, 0.25) is 0 Å². The molecule has 0 fully saturated rings. The fraction of sp³-hybridized carbons (Fsp3) is 0.958. The van der Waals surface area contributed by atoms with Gasteiger partial charge >= 0.3 is 0 Å². The Morgan fingerprint density at radius 3 is 1.33 bits per heavy atom. The van der Waals surface area contributed by atoms with Crippen LogP contribution in [-0.2, 0) is 0 Å². The fourth-order valence-corrected chi connectivity index (χ4v) is 3.56. The highest BCUT2D eigenvalue weighted by atomic mass is 79.9. The van der Waals surface area contributed by atoms with Crippen LogP contribution in [0.3, 0.4) is 0 Å². The Morgan fingerprint density at radius 1 is 0.556 bits per heavy atom. The number of nitrogens with zero attached hydrogens (tertiary/aromatic N) is 1. The molecule has 0 unspecified atom stereocenters. The van der Waals surface area contributed by atoms with Crippen LogP contribution in [0.5, 0.6) is 0 Å². The first-order valence-electron chi connectivity index (χ1n) is 12.0. The second kappa shape index (κ2) is 24.0. The molecule has 0 aromatic carbocycles. The number of hydrogen-bond donors (Lipinski definition) is 1. The van der Waals surface area contributed by atoms with Crippen molar-refractivity contribution in [2.75, 3.05) is 20.6 Å². The standard InChI is InChI=1S/C24H50N2.BrH/c1-5-7-9-11-13-14-15-17-19-21-23-25-24(26(3)4)22-20-18-16-12-10-8-6-2;/h5-23H2,1-4H3;1H. The third-order valence-corrected chi connectivity index (χ3v) is 5.42. The lowest BCUT2D eigenvalue weighted by atomic mass is 10.1. The SMILES string of the molecule is CCCCCCCCCCCCNC(CCCCCCCCC)=[N+](C)C.[Br-]. The van der Waals surface area contributed by atoms with Crippen LogP contribution in [0.1, 0.15) is 129 Å². The first kappa shape index (κ1) is 29.2. The van der Waals surface area contributed by atoms with E-state index in [0.717, 1.165) is 6.54 Å². The Kier molecular flexibility index (Phi) is 25.9. The van der Waals surface area contributed by atoms with E-state index in [1.54, 1.807) is 0 Å². The first-order valence-corrected chi connectivity index (χ1v) is 12.0. The molecule has 27 heavy (non-hydrogen) atoms. The minimum atomic E-state index is 0. The summed E-state index contributed by atoms with van der Waals surface area (Å²) in [5, 5.41) is 3.70. The average Bonchev–Trinajstić information content (AvgIpc) is 2.63. The van der Waals surface area contributed by atoms with Crippen molar-refractivity contribution in [2.45, 2.75) is 129 Å². The van der Waals surface area contributed by atoms with E-state index in [1.807, 2.05) is 0 Å². The van der Waals surface area contributed by atoms with Crippen LogP contribution in [0, 0.1) is 0 Å². The van der Waals surface area contributed by atoms with Crippen molar-refractivity contribution in [1.29, 1.82) is 0 Å². The van der Waals surface area contributed by atoms with E-state index in [2.05, 4.69) is 37.8 Å². The van der Waals surface area contributed by atoms with Crippen LogP contribution in [0.4, 0.5) is 0 Å². The maximum absolute atomic E-state index is 3.70. The van der Waals surface area contributed by atoms with Crippen molar-refractivity contribution in [3.05, 3.63) is 0 Å². The number of unbranched alkanes of at least 4 members (excludes halogenated alkanes) is 15. The Hall–Kier alpha value is -0.0500. The van der Waals surface area contributed by atoms with E-state index < -0.39 is 0 Å². The Morgan fingerprint density at radius 2 is 0.926 bits per heavy atom. The van der Waals surface area contributed by atoms with Crippen molar-refractivity contribution in [3.63, 3.8) is 0 Å². The smallest absolute Gasteiger partial charge is 0.244 e. The summed E-state index contributed by atoms with van der Waals surface area (Å²) in [6, 6.07) is 0. The van der Waals surface area contributed by atoms with E-state index in [-0.39, 0.29) is 17.0 Å². The molecule has 0 radical (unpaired) electrons. The normalized spacial score (nSPS) is 10.5. The lowest BCUT2D eigenvalue weighted by Gasteiger charge is -2.07. The highest BCUT2D eigenvalue weighted by Crippen LogP contribution is 2.11. The molecule has 0 saturated carbocycles. The molecule has 0 atom stereocenters. The highest BCUT2D eigenvalue weighted by Gasteiger charge is 2.07. The Labute approximate surface area is 182 Å². The van der Waals surface area contributed by atoms with Gasteiger partial charge in [-0.15, -0.1) is 0 Å². The molecule has 0 bridgehead atoms. The molecular formula is C24H51BrN2. The zero-order chi connectivity index (χ0) is 19.3. The van der Waals surface area contributed by atoms with Gasteiger partial charge in [0, 0.05) is 6.42 Å². The molecule has 3 heteroatoms. The monoisotopic (exact) mass is 446 g/mol. The molecule has 1 N–H and O–H groups in total. The van der Waals surface area contributed by atoms with E-state index in [0.29, 0.717) is 0 Å². The summed E-state index contributed by atoms with van der Waals surface area (Å²) < 4.78 is 2.29. The topological polar surface area (TPSA) is 15.0 Å². The van der Waals surface area contributed by atoms with Gasteiger partial charge in [0.15, 0.2) is 0 Å². The molecule has 2 nitrogen and oxygen atoms in total. The highest BCUT2D eigenvalue weighted by molar-refractivity contribution is 5.77. The predicted octanol–water partition coefficient (Wildman–Crippen LogP) is 4.31. The van der Waals surface area contributed by atoms with E-state index in [4.69, 9.17) is 0 Å². The Balaban J connectivity index is 0. The molecule has 0 spiro atoms. The van der Waals surface area contributed by atoms with E-state index in [1.165, 1.54) is 121 Å². The number of amidine groups is 1. The molecule has 0 aliphatic rings. The van der Waals surface area contributed by atoms with Gasteiger partial charge in [-0.25, -0.2) is 0 Å². The molecule has 0 aromatic rings. The second-order valence-electron chi connectivity index (χ2n) is 8.32. The molecule has 164 valence electrons. The summed E-state index contributed by atoms with van der Waals surface area (Å²) in [6.45, 7) is 5.74. The first-order chi connectivity index (χ1) is 12.7. The van der Waals surface area contributed by atoms with Crippen molar-refractivity contribution in [1.82, 2.24) is 5.32 Å².